The van der Waals surface area contributed by atoms with Crippen molar-refractivity contribution in [1.82, 2.24) is 9.88 Å². The fraction of sp³-hybridized carbons (Fsp3) is 0.522. The highest BCUT2D eigenvalue weighted by molar-refractivity contribution is 5.62. The van der Waals surface area contributed by atoms with Gasteiger partial charge in [-0.3, -0.25) is 9.88 Å². The highest BCUT2D eigenvalue weighted by Gasteiger charge is 2.26. The molecule has 2 heterocycles. The molecule has 28 heavy (non-hydrogen) atoms. The van der Waals surface area contributed by atoms with Crippen LogP contribution in [0.5, 0.6) is 0 Å². The molecule has 2 N–H and O–H groups in total. The molecule has 5 nitrogen and oxygen atoms in total. The topological polar surface area (TPSA) is 65.8 Å². The SMILES string of the molecule is OCC1CC(O)CCN1CCCCCOCc1ccc(-c2cccnc2)cc1. The fourth-order valence-electron chi connectivity index (χ4n) is 3.78. The lowest BCUT2D eigenvalue weighted by molar-refractivity contribution is 0.0160. The summed E-state index contributed by atoms with van der Waals surface area (Å²) in [5.41, 5.74) is 3.48. The quantitative estimate of drug-likeness (QED) is 0.616. The van der Waals surface area contributed by atoms with Gasteiger partial charge in [-0.05, 0) is 61.4 Å². The maximum absolute atomic E-state index is 9.71. The van der Waals surface area contributed by atoms with E-state index >= 15 is 0 Å². The van der Waals surface area contributed by atoms with Crippen LogP contribution in [-0.2, 0) is 11.3 Å². The molecule has 1 aromatic heterocycles. The van der Waals surface area contributed by atoms with E-state index in [1.165, 1.54) is 11.1 Å². The monoisotopic (exact) mass is 384 g/mol. The fourth-order valence-corrected chi connectivity index (χ4v) is 3.78. The first kappa shape index (κ1) is 20.9. The van der Waals surface area contributed by atoms with Gasteiger partial charge in [-0.1, -0.05) is 30.3 Å². The molecule has 1 aromatic carbocycles. The van der Waals surface area contributed by atoms with Crippen LogP contribution in [0, 0.1) is 0 Å². The second-order valence-electron chi connectivity index (χ2n) is 7.60. The van der Waals surface area contributed by atoms with E-state index < -0.39 is 0 Å². The zero-order valence-electron chi connectivity index (χ0n) is 16.5. The second kappa shape index (κ2) is 11.3. The average Bonchev–Trinajstić information content (AvgIpc) is 2.75. The number of hydrogen-bond donors (Lipinski definition) is 2. The van der Waals surface area contributed by atoms with E-state index in [4.69, 9.17) is 4.74 Å². The maximum Gasteiger partial charge on any atom is 0.0716 e. The molecular formula is C23H32N2O3. The Hall–Kier alpha value is -1.79. The van der Waals surface area contributed by atoms with Gasteiger partial charge in [0, 0.05) is 31.6 Å². The molecule has 3 rings (SSSR count). The minimum atomic E-state index is -0.250. The third-order valence-corrected chi connectivity index (χ3v) is 5.47. The van der Waals surface area contributed by atoms with Gasteiger partial charge in [0.15, 0.2) is 0 Å². The van der Waals surface area contributed by atoms with E-state index in [0.29, 0.717) is 13.0 Å². The lowest BCUT2D eigenvalue weighted by Gasteiger charge is -2.36. The molecular weight excluding hydrogens is 352 g/mol. The maximum atomic E-state index is 9.71. The molecule has 2 unspecified atom stereocenters. The number of piperidine rings is 1. The highest BCUT2D eigenvalue weighted by Crippen LogP contribution is 2.19. The van der Waals surface area contributed by atoms with E-state index in [-0.39, 0.29) is 18.8 Å². The van der Waals surface area contributed by atoms with Crippen LogP contribution in [0.25, 0.3) is 11.1 Å². The Bertz CT molecular complexity index is 678. The van der Waals surface area contributed by atoms with Crippen molar-refractivity contribution in [2.75, 3.05) is 26.3 Å². The molecule has 0 amide bonds. The highest BCUT2D eigenvalue weighted by atomic mass is 16.5. The lowest BCUT2D eigenvalue weighted by atomic mass is 9.99. The molecule has 0 bridgehead atoms. The van der Waals surface area contributed by atoms with Gasteiger partial charge in [0.1, 0.15) is 0 Å². The summed E-state index contributed by atoms with van der Waals surface area (Å²) in [5, 5.41) is 19.2. The molecule has 1 fully saturated rings. The van der Waals surface area contributed by atoms with Crippen LogP contribution in [0.4, 0.5) is 0 Å². The molecule has 0 saturated carbocycles. The van der Waals surface area contributed by atoms with Gasteiger partial charge < -0.3 is 14.9 Å². The van der Waals surface area contributed by atoms with E-state index in [1.54, 1.807) is 6.20 Å². The number of unbranched alkanes of at least 4 members (excludes halogenated alkanes) is 2. The zero-order chi connectivity index (χ0) is 19.6. The Morgan fingerprint density at radius 2 is 1.93 bits per heavy atom. The van der Waals surface area contributed by atoms with Crippen molar-refractivity contribution in [1.29, 1.82) is 0 Å². The first-order valence-corrected chi connectivity index (χ1v) is 10.4. The van der Waals surface area contributed by atoms with Gasteiger partial charge in [0.2, 0.25) is 0 Å². The number of nitrogens with zero attached hydrogens (tertiary/aromatic N) is 2. The van der Waals surface area contributed by atoms with Gasteiger partial charge in [0.05, 0.1) is 19.3 Å². The van der Waals surface area contributed by atoms with Crippen molar-refractivity contribution in [2.24, 2.45) is 0 Å². The summed E-state index contributed by atoms with van der Waals surface area (Å²) in [6.45, 7) is 3.43. The summed E-state index contributed by atoms with van der Waals surface area (Å²) < 4.78 is 5.81. The Labute approximate surface area is 168 Å². The van der Waals surface area contributed by atoms with E-state index in [9.17, 15) is 10.2 Å². The molecule has 2 atom stereocenters. The number of aromatic nitrogens is 1. The molecule has 1 saturated heterocycles. The van der Waals surface area contributed by atoms with E-state index in [0.717, 1.165) is 50.9 Å². The number of aliphatic hydroxyl groups excluding tert-OH is 2. The van der Waals surface area contributed by atoms with Crippen LogP contribution in [0.2, 0.25) is 0 Å². The molecule has 152 valence electrons. The predicted molar refractivity (Wildman–Crippen MR) is 111 cm³/mol. The number of aliphatic hydroxyl groups is 2. The van der Waals surface area contributed by atoms with Crippen molar-refractivity contribution >= 4 is 0 Å². The number of hydrogen-bond acceptors (Lipinski definition) is 5. The van der Waals surface area contributed by atoms with Crippen LogP contribution in [0.15, 0.2) is 48.8 Å². The average molecular weight is 385 g/mol. The first-order chi connectivity index (χ1) is 13.8. The predicted octanol–water partition coefficient (Wildman–Crippen LogP) is 3.25. The normalized spacial score (nSPS) is 20.4. The van der Waals surface area contributed by atoms with Gasteiger partial charge in [0.25, 0.3) is 0 Å². The smallest absolute Gasteiger partial charge is 0.0716 e. The van der Waals surface area contributed by atoms with Crippen molar-refractivity contribution in [3.63, 3.8) is 0 Å². The Kier molecular flexibility index (Phi) is 8.42. The summed E-state index contributed by atoms with van der Waals surface area (Å²) in [5.74, 6) is 0. The number of pyridine rings is 1. The second-order valence-corrected chi connectivity index (χ2v) is 7.60. The molecule has 1 aliphatic heterocycles. The van der Waals surface area contributed by atoms with Gasteiger partial charge in [-0.15, -0.1) is 0 Å². The summed E-state index contributed by atoms with van der Waals surface area (Å²) >= 11 is 0. The van der Waals surface area contributed by atoms with E-state index in [1.807, 2.05) is 12.3 Å². The van der Waals surface area contributed by atoms with E-state index in [2.05, 4.69) is 40.2 Å². The number of benzene rings is 1. The van der Waals surface area contributed by atoms with Crippen LogP contribution in [0.1, 0.15) is 37.7 Å². The summed E-state index contributed by atoms with van der Waals surface area (Å²) in [6.07, 6.45) is 8.20. The third kappa shape index (κ3) is 6.38. The first-order valence-electron chi connectivity index (χ1n) is 10.4. The van der Waals surface area contributed by atoms with Gasteiger partial charge in [-0.25, -0.2) is 0 Å². The number of likely N-dealkylation sites (tertiary alicyclic amines) is 1. The van der Waals surface area contributed by atoms with Crippen LogP contribution in [0.3, 0.4) is 0 Å². The minimum Gasteiger partial charge on any atom is -0.395 e. The van der Waals surface area contributed by atoms with Crippen LogP contribution < -0.4 is 0 Å². The van der Waals surface area contributed by atoms with Gasteiger partial charge >= 0.3 is 0 Å². The molecule has 0 radical (unpaired) electrons. The lowest BCUT2D eigenvalue weighted by Crippen LogP contribution is -2.46. The zero-order valence-corrected chi connectivity index (χ0v) is 16.5. The van der Waals surface area contributed by atoms with Gasteiger partial charge in [-0.2, -0.15) is 0 Å². The molecule has 0 aliphatic carbocycles. The Morgan fingerprint density at radius 1 is 1.07 bits per heavy atom. The van der Waals surface area contributed by atoms with Crippen molar-refractivity contribution in [3.8, 4) is 11.1 Å². The van der Waals surface area contributed by atoms with Crippen molar-refractivity contribution in [2.45, 2.75) is 50.9 Å². The summed E-state index contributed by atoms with van der Waals surface area (Å²) in [6, 6.07) is 12.6. The summed E-state index contributed by atoms with van der Waals surface area (Å²) in [4.78, 5) is 6.48. The standard InChI is InChI=1S/C23H32N2O3/c26-17-22-15-23(27)10-13-25(22)12-2-1-3-14-28-18-19-6-8-20(9-7-19)21-5-4-11-24-16-21/h4-9,11,16,22-23,26-27H,1-3,10,12-15,17-18H2. The summed E-state index contributed by atoms with van der Waals surface area (Å²) in [7, 11) is 0. The van der Waals surface area contributed by atoms with Crippen molar-refractivity contribution in [3.05, 3.63) is 54.4 Å². The molecule has 0 spiro atoms. The third-order valence-electron chi connectivity index (χ3n) is 5.47. The minimum absolute atomic E-state index is 0.120. The van der Waals surface area contributed by atoms with Crippen molar-refractivity contribution < 1.29 is 14.9 Å². The van der Waals surface area contributed by atoms with Crippen LogP contribution in [-0.4, -0.2) is 58.5 Å². The molecule has 1 aliphatic rings. The number of rotatable bonds is 10. The molecule has 5 heteroatoms. The molecule has 2 aromatic rings. The largest absolute Gasteiger partial charge is 0.395 e. The Balaban J connectivity index is 1.28. The number of ether oxygens (including phenoxy) is 1. The Morgan fingerprint density at radius 3 is 2.68 bits per heavy atom. The van der Waals surface area contributed by atoms with Crippen LogP contribution >= 0.6 is 0 Å².